The standard InChI is InChI=1S/C44H70N4O7S/c1-12-28-23-42(28,38(53)46-56(54,55)29-17-18-29)25-34(50)32-24-44(41(10,11)43(44)19-15-20-43)26-48(32)37(52)30(39(4,5)6)22-33(49)35(40(7,8)9)45-36(51)31-16-13-14-21-47(31)27(2)3/h12,27-32,35H,1,13-26H2,2-11H3,(H,45,51)(H,46,53)/t28-,30-,31+,32+,35-,42-,44-/m1/s1. The largest absolute Gasteiger partial charge is 0.344 e. The molecular weight excluding hydrogens is 729 g/mol. The Hall–Kier alpha value is -2.60. The SMILES string of the molecule is C=C[C@@H]1C[C@]1(CC(=O)[C@@H]1C[C@@]2(CN1C(=O)[C@@H](CC(=O)[C@@H](NC(=O)[C@@H]1CCCCN1C(C)C)C(C)(C)C)C(C)(C)C)C(C)(C)C21CCC1)C(=O)NS(=O)(=O)C1CC1. The average Bonchev–Trinajstić information content (AvgIpc) is 4.02. The van der Waals surface area contributed by atoms with Gasteiger partial charge in [0.25, 0.3) is 0 Å². The lowest BCUT2D eigenvalue weighted by Crippen LogP contribution is -2.58. The number of carbonyl (C=O) groups is 5. The molecule has 6 fully saturated rings. The second kappa shape index (κ2) is 14.3. The summed E-state index contributed by atoms with van der Waals surface area (Å²) in [5, 5.41) is 2.57. The van der Waals surface area contributed by atoms with E-state index in [4.69, 9.17) is 0 Å². The number of piperidine rings is 1. The van der Waals surface area contributed by atoms with Crippen LogP contribution in [-0.4, -0.2) is 90.0 Å². The first-order valence-electron chi connectivity index (χ1n) is 21.4. The maximum atomic E-state index is 15.2. The van der Waals surface area contributed by atoms with Crippen LogP contribution in [0.3, 0.4) is 0 Å². The molecular formula is C44H70N4O7S. The van der Waals surface area contributed by atoms with Crippen molar-refractivity contribution in [3.63, 3.8) is 0 Å². The van der Waals surface area contributed by atoms with Gasteiger partial charge in [0.1, 0.15) is 0 Å². The average molecular weight is 799 g/mol. The molecule has 0 unspecified atom stereocenters. The van der Waals surface area contributed by atoms with Gasteiger partial charge in [-0.2, -0.15) is 0 Å². The number of nitrogens with zero attached hydrogens (tertiary/aromatic N) is 2. The van der Waals surface area contributed by atoms with Crippen LogP contribution in [0.4, 0.5) is 0 Å². The molecule has 2 heterocycles. The van der Waals surface area contributed by atoms with Crippen LogP contribution in [0.25, 0.3) is 0 Å². The summed E-state index contributed by atoms with van der Waals surface area (Å²) >= 11 is 0. The van der Waals surface area contributed by atoms with Gasteiger partial charge in [-0.05, 0) is 99.3 Å². The van der Waals surface area contributed by atoms with Crippen molar-refractivity contribution in [2.24, 2.45) is 44.3 Å². The van der Waals surface area contributed by atoms with Crippen molar-refractivity contribution >= 4 is 39.3 Å². The molecule has 0 bridgehead atoms. The molecule has 2 aliphatic heterocycles. The van der Waals surface area contributed by atoms with E-state index in [2.05, 4.69) is 49.2 Å². The predicted octanol–water partition coefficient (Wildman–Crippen LogP) is 5.96. The number of fused-ring (bicyclic) bond motifs is 1. The number of ketones is 2. The Morgan fingerprint density at radius 1 is 0.875 bits per heavy atom. The van der Waals surface area contributed by atoms with Crippen molar-refractivity contribution in [2.45, 2.75) is 176 Å². The molecule has 12 heteroatoms. The summed E-state index contributed by atoms with van der Waals surface area (Å²) < 4.78 is 28.0. The number of sulfonamides is 1. The van der Waals surface area contributed by atoms with Crippen molar-refractivity contribution in [1.82, 2.24) is 19.8 Å². The second-order valence-corrected chi connectivity index (χ2v) is 23.6. The maximum Gasteiger partial charge on any atom is 0.240 e. The summed E-state index contributed by atoms with van der Waals surface area (Å²) in [6.45, 7) is 25.5. The van der Waals surface area contributed by atoms with Crippen molar-refractivity contribution in [3.05, 3.63) is 12.7 Å². The van der Waals surface area contributed by atoms with E-state index in [1.54, 1.807) is 11.0 Å². The van der Waals surface area contributed by atoms with Crippen LogP contribution >= 0.6 is 0 Å². The van der Waals surface area contributed by atoms with Crippen LogP contribution in [0.2, 0.25) is 0 Å². The highest BCUT2D eigenvalue weighted by Gasteiger charge is 2.85. The molecule has 56 heavy (non-hydrogen) atoms. The minimum atomic E-state index is -3.82. The lowest BCUT2D eigenvalue weighted by molar-refractivity contribution is -0.147. The van der Waals surface area contributed by atoms with E-state index in [0.29, 0.717) is 32.2 Å². The van der Waals surface area contributed by atoms with Crippen molar-refractivity contribution < 1.29 is 32.4 Å². The van der Waals surface area contributed by atoms with E-state index < -0.39 is 55.4 Å². The zero-order valence-electron chi connectivity index (χ0n) is 35.9. The fraction of sp³-hybridized carbons (Fsp3) is 0.841. The molecule has 0 aromatic rings. The summed E-state index contributed by atoms with van der Waals surface area (Å²) in [4.78, 5) is 76.0. The van der Waals surface area contributed by atoms with Gasteiger partial charge in [0, 0.05) is 36.8 Å². The fourth-order valence-electron chi connectivity index (χ4n) is 11.6. The van der Waals surface area contributed by atoms with E-state index in [1.807, 2.05) is 41.5 Å². The molecule has 0 aromatic heterocycles. The minimum Gasteiger partial charge on any atom is -0.344 e. The van der Waals surface area contributed by atoms with Gasteiger partial charge in [-0.15, -0.1) is 6.58 Å². The Morgan fingerprint density at radius 2 is 1.52 bits per heavy atom. The second-order valence-electron chi connectivity index (χ2n) is 21.6. The lowest BCUT2D eigenvalue weighted by Gasteiger charge is -2.40. The summed E-state index contributed by atoms with van der Waals surface area (Å²) in [6.07, 6.45) is 9.08. The number of Topliss-reactive ketones (excluding diaryl/α,β-unsaturated/α-hetero) is 2. The van der Waals surface area contributed by atoms with E-state index in [1.165, 1.54) is 0 Å². The molecule has 0 aromatic carbocycles. The molecule has 4 aliphatic carbocycles. The topological polar surface area (TPSA) is 150 Å². The first-order chi connectivity index (χ1) is 25.8. The van der Waals surface area contributed by atoms with Gasteiger partial charge in [-0.25, -0.2) is 8.42 Å². The number of nitrogens with one attached hydrogen (secondary N) is 2. The molecule has 2 saturated heterocycles. The number of allylic oxidation sites excluding steroid dienone is 1. The lowest BCUT2D eigenvalue weighted by atomic mass is 9.73. The molecule has 314 valence electrons. The van der Waals surface area contributed by atoms with Gasteiger partial charge in [-0.3, -0.25) is 33.6 Å². The van der Waals surface area contributed by atoms with E-state index in [9.17, 15) is 27.6 Å². The molecule has 11 nitrogen and oxygen atoms in total. The Morgan fingerprint density at radius 3 is 2.00 bits per heavy atom. The summed E-state index contributed by atoms with van der Waals surface area (Å²) in [5.41, 5.74) is -2.83. The molecule has 3 amide bonds. The smallest absolute Gasteiger partial charge is 0.240 e. The Balaban J connectivity index is 1.27. The Labute approximate surface area is 336 Å². The zero-order chi connectivity index (χ0) is 41.6. The number of rotatable bonds is 14. The Kier molecular flexibility index (Phi) is 11.0. The summed E-state index contributed by atoms with van der Waals surface area (Å²) in [7, 11) is -3.82. The number of likely N-dealkylation sites (tertiary alicyclic amines) is 2. The molecule has 6 rings (SSSR count). The summed E-state index contributed by atoms with van der Waals surface area (Å²) in [5.74, 6) is -2.62. The minimum absolute atomic E-state index is 0.0296. The maximum absolute atomic E-state index is 15.2. The highest BCUT2D eigenvalue weighted by molar-refractivity contribution is 7.90. The van der Waals surface area contributed by atoms with Gasteiger partial charge in [0.05, 0.1) is 28.8 Å². The van der Waals surface area contributed by atoms with E-state index in [0.717, 1.165) is 45.1 Å². The number of carbonyl (C=O) groups excluding carboxylic acids is 5. The van der Waals surface area contributed by atoms with Gasteiger partial charge in [0.2, 0.25) is 27.7 Å². The highest BCUT2D eigenvalue weighted by Crippen LogP contribution is 2.88. The van der Waals surface area contributed by atoms with E-state index in [-0.39, 0.29) is 70.5 Å². The van der Waals surface area contributed by atoms with Gasteiger partial charge < -0.3 is 10.2 Å². The molecule has 6 aliphatic rings. The molecule has 0 radical (unpaired) electrons. The van der Waals surface area contributed by atoms with Crippen LogP contribution in [0.5, 0.6) is 0 Å². The predicted molar refractivity (Wildman–Crippen MR) is 216 cm³/mol. The van der Waals surface area contributed by atoms with Crippen LogP contribution < -0.4 is 10.0 Å². The number of hydrogen-bond donors (Lipinski definition) is 2. The molecule has 2 spiro atoms. The van der Waals surface area contributed by atoms with Crippen LogP contribution in [0, 0.1) is 44.3 Å². The van der Waals surface area contributed by atoms with Crippen LogP contribution in [0.1, 0.15) is 146 Å². The fourth-order valence-corrected chi connectivity index (χ4v) is 13.0. The van der Waals surface area contributed by atoms with Crippen molar-refractivity contribution in [3.8, 4) is 0 Å². The normalized spacial score (nSPS) is 32.1. The third-order valence-corrected chi connectivity index (χ3v) is 17.6. The Bertz CT molecular complexity index is 1750. The first-order valence-corrected chi connectivity index (χ1v) is 23.0. The highest BCUT2D eigenvalue weighted by atomic mass is 32.2. The number of amides is 3. The monoisotopic (exact) mass is 798 g/mol. The van der Waals surface area contributed by atoms with Gasteiger partial charge >= 0.3 is 0 Å². The van der Waals surface area contributed by atoms with Crippen LogP contribution in [0.15, 0.2) is 12.7 Å². The van der Waals surface area contributed by atoms with Gasteiger partial charge in [0.15, 0.2) is 11.6 Å². The quantitative estimate of drug-likeness (QED) is 0.205. The molecule has 2 N–H and O–H groups in total. The third-order valence-electron chi connectivity index (χ3n) is 15.8. The summed E-state index contributed by atoms with van der Waals surface area (Å²) in [6, 6.07) is -1.75. The first kappa shape index (κ1) is 43.0. The third kappa shape index (κ3) is 7.12. The van der Waals surface area contributed by atoms with Gasteiger partial charge in [-0.1, -0.05) is 74.3 Å². The van der Waals surface area contributed by atoms with E-state index >= 15 is 4.79 Å². The van der Waals surface area contributed by atoms with Crippen molar-refractivity contribution in [2.75, 3.05) is 13.1 Å². The zero-order valence-corrected chi connectivity index (χ0v) is 36.7. The van der Waals surface area contributed by atoms with Crippen molar-refractivity contribution in [1.29, 1.82) is 0 Å². The molecule has 7 atom stereocenters. The molecule has 4 saturated carbocycles. The van der Waals surface area contributed by atoms with Crippen LogP contribution in [-0.2, 0) is 34.0 Å². The number of hydrogen-bond acceptors (Lipinski definition) is 8.